The summed E-state index contributed by atoms with van der Waals surface area (Å²) in [6.07, 6.45) is -14.8. The fourth-order valence-electron chi connectivity index (χ4n) is 1.39. The smallest absolute Gasteiger partial charge is 0.356 e. The second-order valence-electron chi connectivity index (χ2n) is 3.98. The number of benzene rings is 1. The van der Waals surface area contributed by atoms with E-state index >= 15 is 0 Å². The summed E-state index contributed by atoms with van der Waals surface area (Å²) in [5, 5.41) is 0. The molecule has 0 saturated heterocycles. The van der Waals surface area contributed by atoms with Crippen LogP contribution in [0.25, 0.3) is 0 Å². The van der Waals surface area contributed by atoms with Crippen molar-refractivity contribution in [3.63, 3.8) is 0 Å². The van der Waals surface area contributed by atoms with E-state index in [0.717, 1.165) is 0 Å². The molecule has 0 saturated carbocycles. The lowest BCUT2D eigenvalue weighted by molar-refractivity contribution is -0.324. The molecule has 8 heteroatoms. The van der Waals surface area contributed by atoms with Crippen LogP contribution in [0, 0.1) is 11.8 Å². The maximum atomic E-state index is 12.2. The van der Waals surface area contributed by atoms with Gasteiger partial charge in [0.05, 0.1) is 13.2 Å². The Morgan fingerprint density at radius 3 is 1.95 bits per heavy atom. The van der Waals surface area contributed by atoms with Gasteiger partial charge in [-0.15, -0.1) is 0 Å². The summed E-state index contributed by atoms with van der Waals surface area (Å²) in [6.45, 7) is -0.669. The summed E-state index contributed by atoms with van der Waals surface area (Å²) >= 11 is 0. The summed E-state index contributed by atoms with van der Waals surface area (Å²) in [4.78, 5) is 0. The van der Waals surface area contributed by atoms with Crippen LogP contribution in [0.3, 0.4) is 0 Å². The van der Waals surface area contributed by atoms with Crippen molar-refractivity contribution in [3.05, 3.63) is 35.4 Å². The quantitative estimate of drug-likeness (QED) is 0.688. The molecule has 0 aliphatic heterocycles. The average molecular weight is 311 g/mol. The largest absolute Gasteiger partial charge is 0.423 e. The third-order valence-corrected chi connectivity index (χ3v) is 2.30. The molecule has 0 amide bonds. The summed E-state index contributed by atoms with van der Waals surface area (Å²) in [5.41, 5.74) is 5.88. The molecular formula is C13H11F6NO. The van der Waals surface area contributed by atoms with Crippen LogP contribution in [0.15, 0.2) is 24.3 Å². The van der Waals surface area contributed by atoms with Crippen LogP contribution in [0.4, 0.5) is 26.3 Å². The summed E-state index contributed by atoms with van der Waals surface area (Å²) in [7, 11) is 0. The fourth-order valence-corrected chi connectivity index (χ4v) is 1.39. The van der Waals surface area contributed by atoms with Crippen molar-refractivity contribution in [1.29, 1.82) is 0 Å². The molecule has 0 radical (unpaired) electrons. The molecule has 0 fully saturated rings. The number of ether oxygens (including phenoxy) is 1. The monoisotopic (exact) mass is 311 g/mol. The highest BCUT2D eigenvalue weighted by molar-refractivity contribution is 5.36. The van der Waals surface area contributed by atoms with Crippen LogP contribution in [0.2, 0.25) is 0 Å². The summed E-state index contributed by atoms with van der Waals surface area (Å²) < 4.78 is 77.5. The first kappa shape index (κ1) is 17.3. The van der Waals surface area contributed by atoms with Crippen LogP contribution in [-0.2, 0) is 11.3 Å². The van der Waals surface area contributed by atoms with Crippen LogP contribution < -0.4 is 5.73 Å². The molecule has 2 N–H and O–H groups in total. The van der Waals surface area contributed by atoms with E-state index in [4.69, 9.17) is 5.73 Å². The fraction of sp³-hybridized carbons (Fsp3) is 0.385. The molecular weight excluding hydrogens is 300 g/mol. The first-order chi connectivity index (χ1) is 9.64. The number of nitrogens with two attached hydrogens (primary N) is 1. The Kier molecular flexibility index (Phi) is 5.63. The van der Waals surface area contributed by atoms with E-state index in [0.29, 0.717) is 5.56 Å². The van der Waals surface area contributed by atoms with Crippen molar-refractivity contribution < 1.29 is 31.1 Å². The van der Waals surface area contributed by atoms with Gasteiger partial charge in [-0.1, -0.05) is 24.0 Å². The maximum Gasteiger partial charge on any atom is 0.423 e. The molecule has 0 aliphatic rings. The molecule has 0 unspecified atom stereocenters. The van der Waals surface area contributed by atoms with Gasteiger partial charge in [0, 0.05) is 5.56 Å². The van der Waals surface area contributed by atoms with Gasteiger partial charge in [0.1, 0.15) is 0 Å². The van der Waals surface area contributed by atoms with Gasteiger partial charge >= 0.3 is 12.4 Å². The average Bonchev–Trinajstić information content (AvgIpc) is 2.34. The molecule has 1 aromatic rings. The lowest BCUT2D eigenvalue weighted by atomic mass is 10.1. The molecule has 0 aromatic heterocycles. The molecule has 2 nitrogen and oxygen atoms in total. The third kappa shape index (κ3) is 5.65. The van der Waals surface area contributed by atoms with Gasteiger partial charge in [0.15, 0.2) is 0 Å². The maximum absolute atomic E-state index is 12.2. The molecule has 1 rings (SSSR count). The third-order valence-electron chi connectivity index (χ3n) is 2.30. The predicted octanol–water partition coefficient (Wildman–Crippen LogP) is 3.01. The molecule has 21 heavy (non-hydrogen) atoms. The van der Waals surface area contributed by atoms with Gasteiger partial charge in [0.25, 0.3) is 0 Å². The van der Waals surface area contributed by atoms with Gasteiger partial charge in [-0.2, -0.15) is 26.3 Å². The molecule has 116 valence electrons. The number of hydrogen-bond donors (Lipinski definition) is 1. The van der Waals surface area contributed by atoms with E-state index in [-0.39, 0.29) is 12.1 Å². The van der Waals surface area contributed by atoms with Gasteiger partial charge in [-0.3, -0.25) is 0 Å². The van der Waals surface area contributed by atoms with E-state index < -0.39 is 25.1 Å². The Bertz CT molecular complexity index is 495. The van der Waals surface area contributed by atoms with Crippen molar-refractivity contribution in [2.75, 3.05) is 6.54 Å². The lowest BCUT2D eigenvalue weighted by Crippen LogP contribution is -2.44. The zero-order chi connectivity index (χ0) is 16.1. The Labute approximate surface area is 116 Å². The van der Waals surface area contributed by atoms with E-state index in [1.165, 1.54) is 24.3 Å². The lowest BCUT2D eigenvalue weighted by Gasteiger charge is -2.23. The second-order valence-corrected chi connectivity index (χ2v) is 3.98. The highest BCUT2D eigenvalue weighted by Crippen LogP contribution is 2.36. The summed E-state index contributed by atoms with van der Waals surface area (Å²) in [6, 6.07) is 5.59. The number of rotatable bonds is 3. The Morgan fingerprint density at radius 2 is 1.52 bits per heavy atom. The molecule has 1 aromatic carbocycles. The zero-order valence-electron chi connectivity index (χ0n) is 10.6. The van der Waals surface area contributed by atoms with Crippen molar-refractivity contribution in [2.45, 2.75) is 25.1 Å². The topological polar surface area (TPSA) is 35.2 Å². The minimum atomic E-state index is -5.51. The number of alkyl halides is 6. The van der Waals surface area contributed by atoms with Crippen molar-refractivity contribution >= 4 is 0 Å². The van der Waals surface area contributed by atoms with Crippen LogP contribution >= 0.6 is 0 Å². The Balaban J connectivity index is 2.73. The van der Waals surface area contributed by atoms with E-state index in [1.54, 1.807) is 0 Å². The molecule has 0 atom stereocenters. The van der Waals surface area contributed by atoms with Gasteiger partial charge in [0.2, 0.25) is 6.10 Å². The standard InChI is InChI=1S/C13H11F6NO/c14-12(15,16)11(13(17,18)19)21-8-10-5-3-9(4-6-10)2-1-7-20/h3-6,11H,7-8,20H2. The number of halogens is 6. The Hall–Kier alpha value is -1.72. The van der Waals surface area contributed by atoms with Crippen molar-refractivity contribution in [1.82, 2.24) is 0 Å². The molecule has 0 heterocycles. The van der Waals surface area contributed by atoms with Crippen LogP contribution in [0.5, 0.6) is 0 Å². The predicted molar refractivity (Wildman–Crippen MR) is 63.1 cm³/mol. The van der Waals surface area contributed by atoms with E-state index in [1.807, 2.05) is 0 Å². The summed E-state index contributed by atoms with van der Waals surface area (Å²) in [5.74, 6) is 5.23. The highest BCUT2D eigenvalue weighted by atomic mass is 19.4. The highest BCUT2D eigenvalue weighted by Gasteiger charge is 2.57. The van der Waals surface area contributed by atoms with Crippen LogP contribution in [-0.4, -0.2) is 25.0 Å². The van der Waals surface area contributed by atoms with Gasteiger partial charge in [-0.25, -0.2) is 0 Å². The van der Waals surface area contributed by atoms with E-state index in [9.17, 15) is 26.3 Å². The van der Waals surface area contributed by atoms with E-state index in [2.05, 4.69) is 16.6 Å². The van der Waals surface area contributed by atoms with Gasteiger partial charge in [-0.05, 0) is 17.7 Å². The Morgan fingerprint density at radius 1 is 1.00 bits per heavy atom. The van der Waals surface area contributed by atoms with Crippen molar-refractivity contribution in [2.24, 2.45) is 5.73 Å². The zero-order valence-corrected chi connectivity index (χ0v) is 10.6. The molecule has 0 bridgehead atoms. The molecule has 0 spiro atoms. The second kappa shape index (κ2) is 6.83. The normalized spacial score (nSPS) is 12.2. The first-order valence-corrected chi connectivity index (χ1v) is 5.67. The molecule has 0 aliphatic carbocycles. The SMILES string of the molecule is NCC#Cc1ccc(COC(C(F)(F)F)C(F)(F)F)cc1. The van der Waals surface area contributed by atoms with Gasteiger partial charge < -0.3 is 10.5 Å². The first-order valence-electron chi connectivity index (χ1n) is 5.67. The minimum Gasteiger partial charge on any atom is -0.356 e. The van der Waals surface area contributed by atoms with Crippen LogP contribution in [0.1, 0.15) is 11.1 Å². The minimum absolute atomic E-state index is 0.143. The number of hydrogen-bond acceptors (Lipinski definition) is 2. The van der Waals surface area contributed by atoms with Crippen molar-refractivity contribution in [3.8, 4) is 11.8 Å².